The van der Waals surface area contributed by atoms with Crippen LogP contribution in [0.3, 0.4) is 0 Å². The number of rotatable bonds is 4. The van der Waals surface area contributed by atoms with Gasteiger partial charge in [0, 0.05) is 9.26 Å². The normalized spacial score (nSPS) is 11.1. The highest BCUT2D eigenvalue weighted by atomic mass is 127. The fourth-order valence-electron chi connectivity index (χ4n) is 1.81. The number of carbonyl (C=O) groups excluding carboxylic acids is 1. The van der Waals surface area contributed by atoms with Gasteiger partial charge in [-0.25, -0.2) is 8.42 Å². The third kappa shape index (κ3) is 3.82. The molecule has 6 heteroatoms. The third-order valence-corrected chi connectivity index (χ3v) is 5.45. The lowest BCUT2D eigenvalue weighted by Gasteiger charge is -2.10. The van der Waals surface area contributed by atoms with Crippen LogP contribution < -0.4 is 5.32 Å². The summed E-state index contributed by atoms with van der Waals surface area (Å²) in [5.41, 5.74) is 0.794. The van der Waals surface area contributed by atoms with Crippen LogP contribution >= 0.6 is 22.6 Å². The highest BCUT2D eigenvalue weighted by Gasteiger charge is 2.20. The first kappa shape index (κ1) is 16.0. The van der Waals surface area contributed by atoms with Crippen LogP contribution in [0.4, 0.5) is 5.69 Å². The first-order valence-electron chi connectivity index (χ1n) is 6.33. The predicted molar refractivity (Wildman–Crippen MR) is 91.3 cm³/mol. The molecule has 0 heterocycles. The summed E-state index contributed by atoms with van der Waals surface area (Å²) in [6.07, 6.45) is 0. The second-order valence-electron chi connectivity index (χ2n) is 4.36. The minimum absolute atomic E-state index is 0.0408. The first-order chi connectivity index (χ1) is 9.94. The van der Waals surface area contributed by atoms with E-state index in [0.717, 1.165) is 3.57 Å². The molecule has 0 unspecified atom stereocenters. The van der Waals surface area contributed by atoms with E-state index >= 15 is 0 Å². The lowest BCUT2D eigenvalue weighted by molar-refractivity contribution is 0.102. The minimum atomic E-state index is -3.43. The number of halogens is 1. The van der Waals surface area contributed by atoms with E-state index in [1.807, 2.05) is 12.1 Å². The van der Waals surface area contributed by atoms with Gasteiger partial charge in [0.05, 0.1) is 16.2 Å². The molecule has 0 aliphatic rings. The Morgan fingerprint density at radius 1 is 1.10 bits per heavy atom. The van der Waals surface area contributed by atoms with Crippen LogP contribution in [0.1, 0.15) is 17.3 Å². The van der Waals surface area contributed by atoms with Crippen LogP contribution in [0.15, 0.2) is 53.4 Å². The van der Waals surface area contributed by atoms with Crippen LogP contribution in [0.5, 0.6) is 0 Å². The van der Waals surface area contributed by atoms with Gasteiger partial charge in [-0.3, -0.25) is 4.79 Å². The van der Waals surface area contributed by atoms with Crippen molar-refractivity contribution in [3.8, 4) is 0 Å². The van der Waals surface area contributed by atoms with E-state index < -0.39 is 15.7 Å². The van der Waals surface area contributed by atoms with Crippen molar-refractivity contribution in [1.29, 1.82) is 0 Å². The fourth-order valence-corrected chi connectivity index (χ4v) is 3.26. The van der Waals surface area contributed by atoms with Gasteiger partial charge in [0.25, 0.3) is 5.91 Å². The Kier molecular flexibility index (Phi) is 5.00. The zero-order chi connectivity index (χ0) is 15.5. The van der Waals surface area contributed by atoms with Crippen LogP contribution in [0, 0.1) is 3.57 Å². The number of anilines is 1. The summed E-state index contributed by atoms with van der Waals surface area (Å²) in [5, 5.41) is 2.72. The van der Waals surface area contributed by atoms with E-state index in [-0.39, 0.29) is 16.2 Å². The molecular weight excluding hydrogens is 401 g/mol. The lowest BCUT2D eigenvalue weighted by Crippen LogP contribution is -2.17. The molecule has 0 radical (unpaired) electrons. The minimum Gasteiger partial charge on any atom is -0.322 e. The van der Waals surface area contributed by atoms with Gasteiger partial charge in [0.2, 0.25) is 0 Å². The van der Waals surface area contributed by atoms with E-state index in [2.05, 4.69) is 27.9 Å². The second kappa shape index (κ2) is 6.57. The topological polar surface area (TPSA) is 63.2 Å². The second-order valence-corrected chi connectivity index (χ2v) is 7.85. The Morgan fingerprint density at radius 3 is 2.33 bits per heavy atom. The van der Waals surface area contributed by atoms with Crippen molar-refractivity contribution < 1.29 is 13.2 Å². The third-order valence-electron chi connectivity index (χ3n) is 2.95. The summed E-state index contributed by atoms with van der Waals surface area (Å²) >= 11 is 2.17. The van der Waals surface area contributed by atoms with Gasteiger partial charge in [-0.1, -0.05) is 19.1 Å². The summed E-state index contributed by atoms with van der Waals surface area (Å²) in [6, 6.07) is 13.5. The molecular formula is C15H14INO3S. The molecule has 110 valence electrons. The van der Waals surface area contributed by atoms with Crippen molar-refractivity contribution in [2.24, 2.45) is 0 Å². The lowest BCUT2D eigenvalue weighted by atomic mass is 10.2. The molecule has 0 aromatic heterocycles. The zero-order valence-electron chi connectivity index (χ0n) is 11.3. The van der Waals surface area contributed by atoms with E-state index in [9.17, 15) is 13.2 Å². The van der Waals surface area contributed by atoms with Gasteiger partial charge in [0.15, 0.2) is 9.84 Å². The number of amides is 1. The quantitative estimate of drug-likeness (QED) is 0.780. The average molecular weight is 415 g/mol. The van der Waals surface area contributed by atoms with Gasteiger partial charge < -0.3 is 5.32 Å². The van der Waals surface area contributed by atoms with E-state index in [1.165, 1.54) is 12.1 Å². The monoisotopic (exact) mass is 415 g/mol. The molecule has 0 saturated heterocycles. The van der Waals surface area contributed by atoms with Gasteiger partial charge in [-0.15, -0.1) is 0 Å². The van der Waals surface area contributed by atoms with Gasteiger partial charge >= 0.3 is 0 Å². The van der Waals surface area contributed by atoms with E-state index in [0.29, 0.717) is 5.69 Å². The Balaban J connectivity index is 2.34. The van der Waals surface area contributed by atoms with Crippen LogP contribution in [0.2, 0.25) is 0 Å². The maximum atomic E-state index is 12.3. The molecule has 0 atom stereocenters. The molecule has 0 aliphatic carbocycles. The van der Waals surface area contributed by atoms with Crippen LogP contribution in [-0.4, -0.2) is 20.1 Å². The van der Waals surface area contributed by atoms with Crippen molar-refractivity contribution in [3.63, 3.8) is 0 Å². The van der Waals surface area contributed by atoms with Gasteiger partial charge in [-0.2, -0.15) is 0 Å². The van der Waals surface area contributed by atoms with Crippen molar-refractivity contribution >= 4 is 44.0 Å². The molecule has 0 aliphatic heterocycles. The number of benzene rings is 2. The molecule has 0 bridgehead atoms. The van der Waals surface area contributed by atoms with Crippen molar-refractivity contribution in [2.75, 3.05) is 11.1 Å². The summed E-state index contributed by atoms with van der Waals surface area (Å²) in [6.45, 7) is 1.56. The smallest absolute Gasteiger partial charge is 0.256 e. The van der Waals surface area contributed by atoms with Crippen molar-refractivity contribution in [1.82, 2.24) is 0 Å². The maximum Gasteiger partial charge on any atom is 0.256 e. The fraction of sp³-hybridized carbons (Fsp3) is 0.133. The van der Waals surface area contributed by atoms with E-state index in [1.54, 1.807) is 31.2 Å². The Bertz CT molecular complexity index is 755. The summed E-state index contributed by atoms with van der Waals surface area (Å²) in [7, 11) is -3.43. The Hall–Kier alpha value is -1.41. The molecule has 0 saturated carbocycles. The standard InChI is InChI=1S/C15H14INO3S/c1-2-21(19,20)14-6-4-3-5-13(14)15(18)17-12-9-7-11(16)8-10-12/h3-10H,2H2,1H3,(H,17,18). The molecule has 0 fully saturated rings. The molecule has 2 rings (SSSR count). The predicted octanol–water partition coefficient (Wildman–Crippen LogP) is 3.34. The molecule has 1 N–H and O–H groups in total. The summed E-state index contributed by atoms with van der Waals surface area (Å²) in [4.78, 5) is 12.4. The van der Waals surface area contributed by atoms with Crippen LogP contribution in [0.25, 0.3) is 0 Å². The molecule has 0 spiro atoms. The zero-order valence-corrected chi connectivity index (χ0v) is 14.3. The van der Waals surface area contributed by atoms with Crippen LogP contribution in [-0.2, 0) is 9.84 Å². The number of hydrogen-bond acceptors (Lipinski definition) is 3. The van der Waals surface area contributed by atoms with E-state index in [4.69, 9.17) is 0 Å². The number of sulfone groups is 1. The SMILES string of the molecule is CCS(=O)(=O)c1ccccc1C(=O)Nc1ccc(I)cc1. The average Bonchev–Trinajstić information content (AvgIpc) is 2.49. The highest BCUT2D eigenvalue weighted by molar-refractivity contribution is 14.1. The molecule has 21 heavy (non-hydrogen) atoms. The Morgan fingerprint density at radius 2 is 1.71 bits per heavy atom. The summed E-state index contributed by atoms with van der Waals surface area (Å²) in [5.74, 6) is -0.468. The summed E-state index contributed by atoms with van der Waals surface area (Å²) < 4.78 is 25.1. The number of nitrogens with one attached hydrogen (secondary N) is 1. The molecule has 2 aromatic rings. The highest BCUT2D eigenvalue weighted by Crippen LogP contribution is 2.19. The molecule has 4 nitrogen and oxygen atoms in total. The molecule has 2 aromatic carbocycles. The van der Waals surface area contributed by atoms with Gasteiger partial charge in [-0.05, 0) is 59.0 Å². The molecule has 1 amide bonds. The maximum absolute atomic E-state index is 12.3. The van der Waals surface area contributed by atoms with Crippen molar-refractivity contribution in [2.45, 2.75) is 11.8 Å². The first-order valence-corrected chi connectivity index (χ1v) is 9.06. The van der Waals surface area contributed by atoms with Gasteiger partial charge in [0.1, 0.15) is 0 Å². The number of hydrogen-bond donors (Lipinski definition) is 1. The number of carbonyl (C=O) groups is 1. The largest absolute Gasteiger partial charge is 0.322 e. The van der Waals surface area contributed by atoms with Crippen molar-refractivity contribution in [3.05, 3.63) is 57.7 Å². The Labute approximate surface area is 137 Å².